The topological polar surface area (TPSA) is 48.4 Å². The van der Waals surface area contributed by atoms with Gasteiger partial charge in [-0.1, -0.05) is 84.9 Å². The molecule has 0 radical (unpaired) electrons. The van der Waals surface area contributed by atoms with Crippen molar-refractivity contribution in [3.8, 4) is 11.3 Å². The van der Waals surface area contributed by atoms with Gasteiger partial charge < -0.3 is 15.3 Å². The molecule has 0 aliphatic heterocycles. The van der Waals surface area contributed by atoms with Crippen molar-refractivity contribution in [3.05, 3.63) is 119 Å². The van der Waals surface area contributed by atoms with Crippen LogP contribution in [0.15, 0.2) is 97.1 Å². The van der Waals surface area contributed by atoms with Crippen LogP contribution in [0.5, 0.6) is 0 Å². The largest absolute Gasteiger partial charge is 0.513 e. The van der Waals surface area contributed by atoms with E-state index in [0.29, 0.717) is 31.7 Å². The quantitative estimate of drug-likeness (QED) is 0.178. The molecular formula is C32H35ClF3N3OS. The fraction of sp³-hybridized carbons (Fsp3) is 0.219. The van der Waals surface area contributed by atoms with Crippen LogP contribution in [0, 0.1) is 6.92 Å². The highest BCUT2D eigenvalue weighted by atomic mass is 35.5. The molecule has 0 saturated heterocycles. The molecule has 41 heavy (non-hydrogen) atoms. The van der Waals surface area contributed by atoms with Gasteiger partial charge in [-0.25, -0.2) is 13.8 Å². The van der Waals surface area contributed by atoms with E-state index in [2.05, 4.69) is 84.2 Å². The Bertz CT molecular complexity index is 1370. The maximum Gasteiger partial charge on any atom is 0.235 e. The Hall–Kier alpha value is -3.75. The first kappa shape index (κ1) is 33.5. The summed E-state index contributed by atoms with van der Waals surface area (Å²) in [4.78, 5) is 7.16. The van der Waals surface area contributed by atoms with Crippen molar-refractivity contribution in [3.63, 3.8) is 0 Å². The minimum absolute atomic E-state index is 0.164. The number of rotatable bonds is 10. The first-order valence-corrected chi connectivity index (χ1v) is 14.0. The molecule has 0 amide bonds. The second kappa shape index (κ2) is 17.1. The molecule has 0 unspecified atom stereocenters. The van der Waals surface area contributed by atoms with E-state index >= 15 is 0 Å². The summed E-state index contributed by atoms with van der Waals surface area (Å²) >= 11 is 8.02. The highest BCUT2D eigenvalue weighted by molar-refractivity contribution is 7.14. The number of nitrogens with zero attached hydrogens (tertiary/aromatic N) is 2. The first-order chi connectivity index (χ1) is 19.6. The number of aryl methyl sites for hydroxylation is 1. The van der Waals surface area contributed by atoms with E-state index in [4.69, 9.17) is 16.6 Å². The number of thiazole rings is 1. The van der Waals surface area contributed by atoms with Crippen molar-refractivity contribution >= 4 is 39.5 Å². The van der Waals surface area contributed by atoms with E-state index in [1.54, 1.807) is 11.3 Å². The van der Waals surface area contributed by atoms with Crippen molar-refractivity contribution in [1.29, 1.82) is 0 Å². The molecule has 0 bridgehead atoms. The number of aliphatic hydroxyl groups excluding tert-OH is 1. The number of hydrogen-bond donors (Lipinski definition) is 2. The second-order valence-electron chi connectivity index (χ2n) is 8.85. The van der Waals surface area contributed by atoms with Gasteiger partial charge in [0, 0.05) is 40.3 Å². The van der Waals surface area contributed by atoms with E-state index in [-0.39, 0.29) is 5.76 Å². The highest BCUT2D eigenvalue weighted by Crippen LogP contribution is 2.35. The van der Waals surface area contributed by atoms with Crippen molar-refractivity contribution in [1.82, 2.24) is 10.3 Å². The number of halogens is 4. The molecule has 218 valence electrons. The number of benzene rings is 3. The van der Waals surface area contributed by atoms with E-state index in [1.807, 2.05) is 24.3 Å². The van der Waals surface area contributed by atoms with E-state index in [9.17, 15) is 18.3 Å². The maximum atomic E-state index is 10.3. The second-order valence-corrected chi connectivity index (χ2v) is 10.1. The van der Waals surface area contributed by atoms with E-state index in [0.717, 1.165) is 45.8 Å². The van der Waals surface area contributed by atoms with Gasteiger partial charge in [-0.15, -0.1) is 11.3 Å². The molecule has 4 nitrogen and oxygen atoms in total. The van der Waals surface area contributed by atoms with Crippen molar-refractivity contribution < 1.29 is 18.3 Å². The molecule has 0 fully saturated rings. The Morgan fingerprint density at radius 1 is 1.02 bits per heavy atom. The van der Waals surface area contributed by atoms with Gasteiger partial charge >= 0.3 is 0 Å². The third kappa shape index (κ3) is 11.0. The standard InChI is InChI=1S/C29H28ClN3OS.C2H4F2.CH3F/c1-20-8-14-25(15-9-20)33(29-32-28(19-35-29)26-6-4-5-7-27(26)30)18-23-10-12-24(13-11-23)22(3)31-17-16-21(2)34;1-2(3)4;1-2/h4-15,19,31,34H,2-3,16-18H2,1H3;2H,1H3;1H3. The highest BCUT2D eigenvalue weighted by Gasteiger charge is 2.16. The predicted molar refractivity (Wildman–Crippen MR) is 168 cm³/mol. The van der Waals surface area contributed by atoms with Crippen molar-refractivity contribution in [2.24, 2.45) is 0 Å². The lowest BCUT2D eigenvalue weighted by atomic mass is 10.1. The van der Waals surface area contributed by atoms with E-state index in [1.165, 1.54) is 5.56 Å². The zero-order chi connectivity index (χ0) is 30.4. The summed E-state index contributed by atoms with van der Waals surface area (Å²) in [6, 6.07) is 24.6. The lowest BCUT2D eigenvalue weighted by Gasteiger charge is -2.23. The van der Waals surface area contributed by atoms with Crippen LogP contribution in [0.1, 0.15) is 30.0 Å². The van der Waals surface area contributed by atoms with Gasteiger partial charge in [-0.2, -0.15) is 0 Å². The van der Waals surface area contributed by atoms with Crippen LogP contribution in [0.4, 0.5) is 24.0 Å². The summed E-state index contributed by atoms with van der Waals surface area (Å²) in [7, 11) is 0.500. The summed E-state index contributed by atoms with van der Waals surface area (Å²) in [6.45, 7) is 11.8. The summed E-state index contributed by atoms with van der Waals surface area (Å²) in [5.74, 6) is 0.164. The molecule has 4 aromatic rings. The first-order valence-electron chi connectivity index (χ1n) is 12.7. The summed E-state index contributed by atoms with van der Waals surface area (Å²) in [5, 5.41) is 16.1. The number of alkyl halides is 3. The summed E-state index contributed by atoms with van der Waals surface area (Å²) in [6.07, 6.45) is -1.67. The van der Waals surface area contributed by atoms with Crippen molar-refractivity contribution in [2.45, 2.75) is 33.2 Å². The molecule has 0 atom stereocenters. The monoisotopic (exact) mass is 601 g/mol. The van der Waals surface area contributed by atoms with Gasteiger partial charge in [-0.05, 0) is 43.2 Å². The summed E-state index contributed by atoms with van der Waals surface area (Å²) in [5.41, 5.74) is 7.07. The third-order valence-corrected chi connectivity index (χ3v) is 6.81. The molecule has 2 N–H and O–H groups in total. The predicted octanol–water partition coefficient (Wildman–Crippen LogP) is 9.99. The van der Waals surface area contributed by atoms with Gasteiger partial charge in [0.1, 0.15) is 0 Å². The molecule has 9 heteroatoms. The minimum Gasteiger partial charge on any atom is -0.513 e. The molecule has 4 rings (SSSR count). The molecule has 0 aliphatic carbocycles. The fourth-order valence-corrected chi connectivity index (χ4v) is 4.71. The number of nitrogens with one attached hydrogen (secondary N) is 1. The minimum atomic E-state index is -2.17. The van der Waals surface area contributed by atoms with Gasteiger partial charge in [0.15, 0.2) is 5.13 Å². The lowest BCUT2D eigenvalue weighted by molar-refractivity contribution is 0.171. The van der Waals surface area contributed by atoms with Gasteiger partial charge in [0.25, 0.3) is 0 Å². The van der Waals surface area contributed by atoms with Crippen LogP contribution in [0.25, 0.3) is 17.0 Å². The number of aromatic nitrogens is 1. The van der Waals surface area contributed by atoms with Crippen LogP contribution in [0.2, 0.25) is 5.02 Å². The Morgan fingerprint density at radius 2 is 1.63 bits per heavy atom. The average molecular weight is 602 g/mol. The van der Waals surface area contributed by atoms with Gasteiger partial charge in [-0.3, -0.25) is 4.39 Å². The maximum absolute atomic E-state index is 10.3. The Kier molecular flexibility index (Phi) is 14.0. The molecule has 0 saturated carbocycles. The van der Waals surface area contributed by atoms with Crippen molar-refractivity contribution in [2.75, 3.05) is 18.6 Å². The lowest BCUT2D eigenvalue weighted by Crippen LogP contribution is -2.16. The van der Waals surface area contributed by atoms with E-state index < -0.39 is 6.43 Å². The molecular weight excluding hydrogens is 567 g/mol. The molecule has 1 heterocycles. The van der Waals surface area contributed by atoms with Crippen LogP contribution >= 0.6 is 22.9 Å². The number of aliphatic hydroxyl groups is 1. The third-order valence-electron chi connectivity index (χ3n) is 5.61. The zero-order valence-corrected chi connectivity index (χ0v) is 25.0. The van der Waals surface area contributed by atoms with Gasteiger partial charge in [0.05, 0.1) is 25.2 Å². The Balaban J connectivity index is 0.000000902. The average Bonchev–Trinajstić information content (AvgIpc) is 3.43. The zero-order valence-electron chi connectivity index (χ0n) is 23.4. The number of anilines is 2. The smallest absolute Gasteiger partial charge is 0.235 e. The van der Waals surface area contributed by atoms with Gasteiger partial charge in [0.2, 0.25) is 6.43 Å². The normalized spacial score (nSPS) is 10.1. The summed E-state index contributed by atoms with van der Waals surface area (Å²) < 4.78 is 30.2. The van der Waals surface area contributed by atoms with Crippen LogP contribution in [0.3, 0.4) is 0 Å². The molecule has 1 aromatic heterocycles. The SMILES string of the molecule is C=C(O)CCNC(=C)c1ccc(CN(c2ccc(C)cc2)c2nc(-c3ccccc3Cl)cs2)cc1.CC(F)F.CF. The number of hydrogen-bond acceptors (Lipinski definition) is 5. The van der Waals surface area contributed by atoms with Crippen LogP contribution in [-0.4, -0.2) is 30.2 Å². The Morgan fingerprint density at radius 3 is 2.22 bits per heavy atom. The molecule has 0 spiro atoms. The van der Waals surface area contributed by atoms with Crippen LogP contribution in [-0.2, 0) is 6.54 Å². The Labute approximate surface area is 249 Å². The molecule has 0 aliphatic rings. The van der Waals surface area contributed by atoms with Crippen LogP contribution < -0.4 is 10.2 Å². The fourth-order valence-electron chi connectivity index (χ4n) is 3.63. The molecule has 3 aromatic carbocycles.